The number of nitrogens with zero attached hydrogens (tertiary/aromatic N) is 5. The van der Waals surface area contributed by atoms with E-state index >= 15 is 0 Å². The van der Waals surface area contributed by atoms with Crippen LogP contribution in [0.3, 0.4) is 0 Å². The quantitative estimate of drug-likeness (QED) is 0.614. The van der Waals surface area contributed by atoms with Crippen molar-refractivity contribution in [2.45, 2.75) is 24.7 Å². The summed E-state index contributed by atoms with van der Waals surface area (Å²) < 4.78 is 7.18. The second kappa shape index (κ2) is 8.36. The van der Waals surface area contributed by atoms with Crippen molar-refractivity contribution in [3.63, 3.8) is 0 Å². The van der Waals surface area contributed by atoms with Crippen LogP contribution in [0.1, 0.15) is 12.0 Å². The summed E-state index contributed by atoms with van der Waals surface area (Å²) in [5, 5.41) is 20.9. The number of halogens is 2. The Morgan fingerprint density at radius 2 is 1.97 bits per heavy atom. The molecule has 8 nitrogen and oxygen atoms in total. The third-order valence-electron chi connectivity index (χ3n) is 4.51. The van der Waals surface area contributed by atoms with E-state index in [4.69, 9.17) is 32.8 Å². The predicted octanol–water partition coefficient (Wildman–Crippen LogP) is 3.09. The number of pyridine rings is 1. The van der Waals surface area contributed by atoms with Crippen LogP contribution < -0.4 is 4.74 Å². The maximum Gasteiger partial charge on any atom is 0.213 e. The second-order valence-corrected chi connectivity index (χ2v) is 7.43. The molecule has 2 unspecified atom stereocenters. The summed E-state index contributed by atoms with van der Waals surface area (Å²) in [6.07, 6.45) is 4.46. The molecule has 3 aromatic rings. The molecule has 0 saturated carbocycles. The smallest absolute Gasteiger partial charge is 0.213 e. The topological polar surface area (TPSA) is 94.7 Å². The fourth-order valence-electron chi connectivity index (χ4n) is 3.01. The van der Waals surface area contributed by atoms with Gasteiger partial charge in [0, 0.05) is 23.7 Å². The summed E-state index contributed by atoms with van der Waals surface area (Å²) in [6.45, 7) is 0.352. The molecule has 0 fully saturated rings. The first-order chi connectivity index (χ1) is 14.0. The first-order valence-electron chi connectivity index (χ1n) is 8.81. The summed E-state index contributed by atoms with van der Waals surface area (Å²) in [5.41, 5.74) is -0.348. The monoisotopic (exact) mass is 433 g/mol. The first-order valence-corrected chi connectivity index (χ1v) is 9.57. The van der Waals surface area contributed by atoms with Crippen LogP contribution in [0.5, 0.6) is 5.88 Å². The van der Waals surface area contributed by atoms with Gasteiger partial charge in [0.15, 0.2) is 11.7 Å². The van der Waals surface area contributed by atoms with Gasteiger partial charge in [-0.3, -0.25) is 0 Å². The number of aliphatic hydroxyl groups is 1. The second-order valence-electron chi connectivity index (χ2n) is 6.56. The zero-order chi connectivity index (χ0) is 20.3. The van der Waals surface area contributed by atoms with Crippen LogP contribution in [0.15, 0.2) is 60.4 Å². The van der Waals surface area contributed by atoms with Crippen molar-refractivity contribution < 1.29 is 14.7 Å². The molecule has 0 radical (unpaired) electrons. The molecule has 2 atom stereocenters. The van der Waals surface area contributed by atoms with Crippen LogP contribution >= 0.6 is 23.2 Å². The van der Waals surface area contributed by atoms with Crippen molar-refractivity contribution in [3.05, 3.63) is 70.9 Å². The van der Waals surface area contributed by atoms with E-state index in [9.17, 15) is 5.11 Å². The lowest BCUT2D eigenvalue weighted by molar-refractivity contribution is 0.0453. The van der Waals surface area contributed by atoms with E-state index in [2.05, 4.69) is 20.2 Å². The number of hydrogen-bond donors (Lipinski definition) is 1. The number of aromatic nitrogens is 4. The molecule has 1 aliphatic rings. The molecule has 0 aliphatic carbocycles. The van der Waals surface area contributed by atoms with Crippen LogP contribution in [0.25, 0.3) is 0 Å². The first kappa shape index (κ1) is 19.6. The van der Waals surface area contributed by atoms with Crippen molar-refractivity contribution in [1.29, 1.82) is 0 Å². The maximum absolute atomic E-state index is 11.6. The Labute approximate surface area is 176 Å². The summed E-state index contributed by atoms with van der Waals surface area (Å²) in [6, 6.07) is 10.3. The molecule has 4 rings (SSSR count). The summed E-state index contributed by atoms with van der Waals surface area (Å²) >= 11 is 11.8. The highest BCUT2D eigenvalue weighted by Gasteiger charge is 2.41. The Bertz CT molecular complexity index is 980. The molecular formula is C19H17Cl2N5O3. The van der Waals surface area contributed by atoms with Crippen molar-refractivity contribution in [2.24, 2.45) is 5.16 Å². The normalized spacial score (nSPS) is 18.0. The summed E-state index contributed by atoms with van der Waals surface area (Å²) in [4.78, 5) is 13.5. The summed E-state index contributed by atoms with van der Waals surface area (Å²) in [5.74, 6) is 0.432. The molecule has 150 valence electrons. The van der Waals surface area contributed by atoms with E-state index in [-0.39, 0.29) is 19.3 Å². The molecule has 0 spiro atoms. The minimum absolute atomic E-state index is 0.128. The van der Waals surface area contributed by atoms with Gasteiger partial charge in [-0.1, -0.05) is 40.5 Å². The Morgan fingerprint density at radius 3 is 2.66 bits per heavy atom. The molecule has 2 aromatic heterocycles. The van der Waals surface area contributed by atoms with Crippen LogP contribution in [0.4, 0.5) is 0 Å². The lowest BCUT2D eigenvalue weighted by Gasteiger charge is -2.28. The van der Waals surface area contributed by atoms with Gasteiger partial charge in [-0.05, 0) is 23.8 Å². The fraction of sp³-hybridized carbons (Fsp3) is 0.263. The molecule has 0 bridgehead atoms. The minimum Gasteiger partial charge on any atom is -0.474 e. The van der Waals surface area contributed by atoms with Gasteiger partial charge >= 0.3 is 0 Å². The number of ether oxygens (including phenoxy) is 1. The molecule has 1 aliphatic heterocycles. The molecular weight excluding hydrogens is 417 g/mol. The lowest BCUT2D eigenvalue weighted by atomic mass is 9.86. The van der Waals surface area contributed by atoms with Crippen LogP contribution in [0.2, 0.25) is 10.0 Å². The average molecular weight is 434 g/mol. The van der Waals surface area contributed by atoms with Gasteiger partial charge in [0.1, 0.15) is 19.3 Å². The van der Waals surface area contributed by atoms with Gasteiger partial charge in [0.25, 0.3) is 0 Å². The molecule has 0 saturated heterocycles. The van der Waals surface area contributed by atoms with Crippen LogP contribution in [-0.2, 0) is 17.0 Å². The van der Waals surface area contributed by atoms with Gasteiger partial charge in [0.05, 0.1) is 17.3 Å². The maximum atomic E-state index is 11.6. The van der Waals surface area contributed by atoms with E-state index in [0.29, 0.717) is 33.6 Å². The highest BCUT2D eigenvalue weighted by molar-refractivity contribution is 6.30. The molecule has 1 N–H and O–H groups in total. The standard InChI is InChI=1S/C19H17Cl2N5O3/c20-14-3-1-13(2-4-14)19(27,10-26-12-22-11-24-26)17-7-16(29-25-17)9-28-18-6-5-15(21)8-23-18/h1-6,8,11-12,16,27H,7,9-10H2. The summed E-state index contributed by atoms with van der Waals surface area (Å²) in [7, 11) is 0. The predicted molar refractivity (Wildman–Crippen MR) is 107 cm³/mol. The van der Waals surface area contributed by atoms with Crippen molar-refractivity contribution >= 4 is 28.9 Å². The van der Waals surface area contributed by atoms with Crippen molar-refractivity contribution in [1.82, 2.24) is 19.7 Å². The molecule has 10 heteroatoms. The number of benzene rings is 1. The zero-order valence-corrected chi connectivity index (χ0v) is 16.7. The Morgan fingerprint density at radius 1 is 1.17 bits per heavy atom. The van der Waals surface area contributed by atoms with Gasteiger partial charge in [-0.2, -0.15) is 5.10 Å². The fourth-order valence-corrected chi connectivity index (χ4v) is 3.25. The third kappa shape index (κ3) is 4.50. The third-order valence-corrected chi connectivity index (χ3v) is 4.98. The van der Waals surface area contributed by atoms with Gasteiger partial charge < -0.3 is 14.7 Å². The Kier molecular flexibility index (Phi) is 5.66. The van der Waals surface area contributed by atoms with Crippen LogP contribution in [-0.4, -0.2) is 43.3 Å². The highest BCUT2D eigenvalue weighted by atomic mass is 35.5. The van der Waals surface area contributed by atoms with Gasteiger partial charge in [-0.25, -0.2) is 14.6 Å². The molecule has 3 heterocycles. The van der Waals surface area contributed by atoms with E-state index in [1.165, 1.54) is 18.9 Å². The SMILES string of the molecule is OC(Cn1cncn1)(C1=NOC(COc2ccc(Cl)cn2)C1)c1ccc(Cl)cc1. The van der Waals surface area contributed by atoms with Crippen LogP contribution in [0, 0.1) is 0 Å². The van der Waals surface area contributed by atoms with E-state index < -0.39 is 5.60 Å². The Balaban J connectivity index is 1.49. The van der Waals surface area contributed by atoms with Gasteiger partial charge in [0.2, 0.25) is 5.88 Å². The highest BCUT2D eigenvalue weighted by Crippen LogP contribution is 2.31. The molecule has 1 aromatic carbocycles. The molecule has 29 heavy (non-hydrogen) atoms. The Hall–Kier alpha value is -2.68. The van der Waals surface area contributed by atoms with Crippen molar-refractivity contribution in [2.75, 3.05) is 6.61 Å². The number of rotatable bonds is 7. The largest absolute Gasteiger partial charge is 0.474 e. The number of oxime groups is 1. The van der Waals surface area contributed by atoms with E-state index in [1.54, 1.807) is 41.1 Å². The zero-order valence-electron chi connectivity index (χ0n) is 15.2. The van der Waals surface area contributed by atoms with E-state index in [1.807, 2.05) is 0 Å². The van der Waals surface area contributed by atoms with E-state index in [0.717, 1.165) is 0 Å². The molecule has 0 amide bonds. The lowest BCUT2D eigenvalue weighted by Crippen LogP contribution is -2.40. The average Bonchev–Trinajstić information content (AvgIpc) is 3.40. The minimum atomic E-state index is -1.44. The number of hydrogen-bond acceptors (Lipinski definition) is 7. The van der Waals surface area contributed by atoms with Crippen molar-refractivity contribution in [3.8, 4) is 5.88 Å². The van der Waals surface area contributed by atoms with Gasteiger partial charge in [-0.15, -0.1) is 0 Å².